The van der Waals surface area contributed by atoms with Gasteiger partial charge in [-0.05, 0) is 79.8 Å². The van der Waals surface area contributed by atoms with E-state index in [1.54, 1.807) is 24.4 Å². The van der Waals surface area contributed by atoms with E-state index in [0.29, 0.717) is 28.8 Å². The Labute approximate surface area is 214 Å². The molecule has 3 heterocycles. The Kier molecular flexibility index (Phi) is 6.69. The second kappa shape index (κ2) is 10.2. The van der Waals surface area contributed by atoms with Crippen LogP contribution < -0.4 is 15.0 Å². The second-order valence-corrected chi connectivity index (χ2v) is 8.58. The van der Waals surface area contributed by atoms with Gasteiger partial charge in [-0.3, -0.25) is 4.98 Å². The van der Waals surface area contributed by atoms with Crippen LogP contribution in [0.4, 0.5) is 5.69 Å². The Morgan fingerprint density at radius 2 is 1.92 bits per heavy atom. The van der Waals surface area contributed by atoms with E-state index in [1.165, 1.54) is 7.11 Å². The summed E-state index contributed by atoms with van der Waals surface area (Å²) in [7, 11) is 1.36. The van der Waals surface area contributed by atoms with Crippen LogP contribution in [0.25, 0.3) is 11.3 Å². The topological polar surface area (TPSA) is 76.8 Å². The molecule has 8 heteroatoms. The van der Waals surface area contributed by atoms with Gasteiger partial charge >= 0.3 is 5.97 Å². The Morgan fingerprint density at radius 3 is 2.64 bits per heavy atom. The summed E-state index contributed by atoms with van der Waals surface area (Å²) < 4.78 is 16.9. The van der Waals surface area contributed by atoms with E-state index in [4.69, 9.17) is 26.1 Å². The van der Waals surface area contributed by atoms with Crippen LogP contribution in [-0.4, -0.2) is 29.8 Å². The summed E-state index contributed by atoms with van der Waals surface area (Å²) in [6, 6.07) is 24.1. The zero-order chi connectivity index (χ0) is 25.1. The highest BCUT2D eigenvalue weighted by atomic mass is 32.1. The molecule has 1 aliphatic heterocycles. The van der Waals surface area contributed by atoms with Gasteiger partial charge in [0.1, 0.15) is 23.3 Å². The van der Waals surface area contributed by atoms with Gasteiger partial charge in [-0.15, -0.1) is 0 Å². The minimum absolute atomic E-state index is 0.231. The van der Waals surface area contributed by atoms with Crippen molar-refractivity contribution < 1.29 is 18.7 Å². The molecule has 0 aliphatic carbocycles. The number of rotatable bonds is 7. The van der Waals surface area contributed by atoms with Crippen LogP contribution in [0.5, 0.6) is 5.75 Å². The van der Waals surface area contributed by atoms with Gasteiger partial charge in [-0.2, -0.15) is 0 Å². The van der Waals surface area contributed by atoms with Gasteiger partial charge in [0.15, 0.2) is 5.11 Å². The first-order valence-electron chi connectivity index (χ1n) is 11.6. The Balaban J connectivity index is 1.55. The van der Waals surface area contributed by atoms with Crippen molar-refractivity contribution in [3.05, 3.63) is 102 Å². The maximum absolute atomic E-state index is 12.0. The predicted octanol–water partition coefficient (Wildman–Crippen LogP) is 5.70. The Bertz CT molecular complexity index is 1370. The first kappa shape index (κ1) is 23.6. The Morgan fingerprint density at radius 1 is 1.08 bits per heavy atom. The minimum atomic E-state index is -0.397. The summed E-state index contributed by atoms with van der Waals surface area (Å²) in [6.45, 7) is 2.55. The molecule has 4 aromatic rings. The zero-order valence-electron chi connectivity index (χ0n) is 19.9. The fourth-order valence-corrected chi connectivity index (χ4v) is 4.72. The van der Waals surface area contributed by atoms with Crippen molar-refractivity contribution in [2.45, 2.75) is 19.0 Å². The number of carbonyl (C=O) groups is 1. The third-order valence-electron chi connectivity index (χ3n) is 6.01. The van der Waals surface area contributed by atoms with Gasteiger partial charge in [0.2, 0.25) is 0 Å². The predicted molar refractivity (Wildman–Crippen MR) is 141 cm³/mol. The van der Waals surface area contributed by atoms with E-state index in [-0.39, 0.29) is 12.1 Å². The first-order chi connectivity index (χ1) is 17.6. The van der Waals surface area contributed by atoms with Gasteiger partial charge in [-0.25, -0.2) is 4.79 Å². The fraction of sp³-hybridized carbons (Fsp3) is 0.179. The monoisotopic (exact) mass is 499 g/mol. The third kappa shape index (κ3) is 4.55. The van der Waals surface area contributed by atoms with Crippen molar-refractivity contribution in [2.24, 2.45) is 0 Å². The molecule has 1 saturated heterocycles. The number of ether oxygens (including phenoxy) is 2. The molecule has 2 atom stereocenters. The van der Waals surface area contributed by atoms with E-state index >= 15 is 0 Å². The number of aromatic nitrogens is 1. The second-order valence-electron chi connectivity index (χ2n) is 8.20. The van der Waals surface area contributed by atoms with Gasteiger partial charge in [0, 0.05) is 17.4 Å². The molecule has 1 fully saturated rings. The third-order valence-corrected chi connectivity index (χ3v) is 6.33. The van der Waals surface area contributed by atoms with E-state index in [0.717, 1.165) is 22.7 Å². The van der Waals surface area contributed by atoms with E-state index in [1.807, 2.05) is 72.5 Å². The van der Waals surface area contributed by atoms with Gasteiger partial charge in [0.05, 0.1) is 31.0 Å². The summed E-state index contributed by atoms with van der Waals surface area (Å²) >= 11 is 5.78. The lowest BCUT2D eigenvalue weighted by molar-refractivity contribution is 0.0601. The summed E-state index contributed by atoms with van der Waals surface area (Å²) in [5, 5.41) is 4.00. The van der Waals surface area contributed by atoms with Crippen LogP contribution in [0.1, 0.15) is 40.8 Å². The van der Waals surface area contributed by atoms with Crippen molar-refractivity contribution in [3.63, 3.8) is 0 Å². The molecule has 7 nitrogen and oxygen atoms in total. The number of furan rings is 1. The quantitative estimate of drug-likeness (QED) is 0.256. The number of nitrogens with zero attached hydrogens (tertiary/aromatic N) is 2. The number of hydrogen-bond donors (Lipinski definition) is 1. The van der Waals surface area contributed by atoms with E-state index < -0.39 is 5.97 Å². The molecule has 0 spiro atoms. The molecule has 0 bridgehead atoms. The van der Waals surface area contributed by atoms with Crippen LogP contribution >= 0.6 is 12.2 Å². The highest BCUT2D eigenvalue weighted by molar-refractivity contribution is 7.80. The van der Waals surface area contributed by atoms with Gasteiger partial charge in [0.25, 0.3) is 0 Å². The maximum Gasteiger partial charge on any atom is 0.337 e. The molecule has 182 valence electrons. The molecule has 2 aromatic carbocycles. The molecule has 0 radical (unpaired) electrons. The summed E-state index contributed by atoms with van der Waals surface area (Å²) in [5.74, 6) is 1.75. The summed E-state index contributed by atoms with van der Waals surface area (Å²) in [4.78, 5) is 18.6. The van der Waals surface area contributed by atoms with Crippen LogP contribution in [0, 0.1) is 0 Å². The Hall–Kier alpha value is -4.17. The average Bonchev–Trinajstić information content (AvgIpc) is 3.54. The van der Waals surface area contributed by atoms with Crippen molar-refractivity contribution >= 4 is 29.0 Å². The lowest BCUT2D eigenvalue weighted by atomic mass is 10.0. The number of esters is 1. The maximum atomic E-state index is 12.0. The normalized spacial score (nSPS) is 17.1. The molecule has 5 rings (SSSR count). The number of thiocarbonyl (C=S) groups is 1. The van der Waals surface area contributed by atoms with Crippen molar-refractivity contribution in [2.75, 3.05) is 18.6 Å². The highest BCUT2D eigenvalue weighted by Gasteiger charge is 2.42. The molecule has 0 unspecified atom stereocenters. The SMILES string of the molecule is CCOc1ccc(N2C(=S)N[C@H](c3ccccn3)[C@@H]2c2ccc(-c3cccc(C(=O)OC)c3)o2)cc1. The van der Waals surface area contributed by atoms with Crippen LogP contribution in [0.3, 0.4) is 0 Å². The van der Waals surface area contributed by atoms with Crippen LogP contribution in [0.15, 0.2) is 89.5 Å². The standard InChI is InChI=1S/C28H25N3O4S/c1-3-34-21-12-10-20(11-13-21)31-26(25(30-28(31)36)22-9-4-5-16-29-22)24-15-14-23(35-24)18-7-6-8-19(17-18)27(32)33-2/h4-17,25-26H,3H2,1-2H3,(H,30,36)/t25-,26+/m1/s1. The number of benzene rings is 2. The molecule has 36 heavy (non-hydrogen) atoms. The summed E-state index contributed by atoms with van der Waals surface area (Å²) in [5.41, 5.74) is 2.99. The minimum Gasteiger partial charge on any atom is -0.494 e. The van der Waals surface area contributed by atoms with Crippen molar-refractivity contribution in [3.8, 4) is 17.1 Å². The zero-order valence-corrected chi connectivity index (χ0v) is 20.7. The molecule has 0 amide bonds. The lowest BCUT2D eigenvalue weighted by Gasteiger charge is -2.26. The number of nitrogens with one attached hydrogen (secondary N) is 1. The average molecular weight is 500 g/mol. The van der Waals surface area contributed by atoms with Gasteiger partial charge in [-0.1, -0.05) is 18.2 Å². The molecule has 1 N–H and O–H groups in total. The van der Waals surface area contributed by atoms with E-state index in [2.05, 4.69) is 10.3 Å². The molecular weight excluding hydrogens is 474 g/mol. The number of pyridine rings is 1. The lowest BCUT2D eigenvalue weighted by Crippen LogP contribution is -2.29. The van der Waals surface area contributed by atoms with Crippen LogP contribution in [-0.2, 0) is 4.74 Å². The van der Waals surface area contributed by atoms with Crippen molar-refractivity contribution in [1.29, 1.82) is 0 Å². The number of carbonyl (C=O) groups excluding carboxylic acids is 1. The summed E-state index contributed by atoms with van der Waals surface area (Å²) in [6.07, 6.45) is 1.77. The molecule has 2 aromatic heterocycles. The number of anilines is 1. The molecular formula is C28H25N3O4S. The van der Waals surface area contributed by atoms with Gasteiger partial charge < -0.3 is 24.1 Å². The van der Waals surface area contributed by atoms with Crippen LogP contribution in [0.2, 0.25) is 0 Å². The number of hydrogen-bond acceptors (Lipinski definition) is 6. The molecule has 0 saturated carbocycles. The fourth-order valence-electron chi connectivity index (χ4n) is 4.38. The van der Waals surface area contributed by atoms with Crippen molar-refractivity contribution in [1.82, 2.24) is 10.3 Å². The smallest absolute Gasteiger partial charge is 0.337 e. The highest BCUT2D eigenvalue weighted by Crippen LogP contribution is 2.43. The first-order valence-corrected chi connectivity index (χ1v) is 12.0. The molecule has 1 aliphatic rings. The number of methoxy groups -OCH3 is 1. The largest absolute Gasteiger partial charge is 0.494 e. The van der Waals surface area contributed by atoms with E-state index in [9.17, 15) is 4.79 Å².